The van der Waals surface area contributed by atoms with Crippen molar-refractivity contribution in [2.45, 2.75) is 20.4 Å². The molecule has 2 aromatic heterocycles. The van der Waals surface area contributed by atoms with Crippen molar-refractivity contribution >= 4 is 0 Å². The Balaban J connectivity index is 2.27. The molecule has 1 N–H and O–H groups in total. The van der Waals surface area contributed by atoms with Gasteiger partial charge in [-0.05, 0) is 25.6 Å². The Hall–Kier alpha value is -1.75. The van der Waals surface area contributed by atoms with Crippen molar-refractivity contribution in [3.05, 3.63) is 35.4 Å². The van der Waals surface area contributed by atoms with Gasteiger partial charge in [0.25, 0.3) is 0 Å². The summed E-state index contributed by atoms with van der Waals surface area (Å²) in [6.07, 6.45) is 1.17. The summed E-state index contributed by atoms with van der Waals surface area (Å²) in [7, 11) is 0. The fourth-order valence-electron chi connectivity index (χ4n) is 1.53. The average molecular weight is 235 g/mol. The Morgan fingerprint density at radius 3 is 2.88 bits per heavy atom. The maximum Gasteiger partial charge on any atom is 0.188 e. The first-order valence-electron chi connectivity index (χ1n) is 5.50. The maximum atomic E-state index is 12.8. The van der Waals surface area contributed by atoms with Crippen molar-refractivity contribution < 1.29 is 8.91 Å². The molecular formula is C12H14FN3O. The number of pyridine rings is 1. The van der Waals surface area contributed by atoms with E-state index in [4.69, 9.17) is 4.52 Å². The monoisotopic (exact) mass is 235 g/mol. The zero-order valence-electron chi connectivity index (χ0n) is 9.83. The van der Waals surface area contributed by atoms with E-state index in [1.807, 2.05) is 13.8 Å². The van der Waals surface area contributed by atoms with Crippen LogP contribution < -0.4 is 5.32 Å². The lowest BCUT2D eigenvalue weighted by Gasteiger charge is -1.98. The van der Waals surface area contributed by atoms with E-state index in [9.17, 15) is 4.39 Å². The van der Waals surface area contributed by atoms with Crippen LogP contribution in [0.3, 0.4) is 0 Å². The molecule has 5 heteroatoms. The lowest BCUT2D eigenvalue weighted by atomic mass is 10.1. The van der Waals surface area contributed by atoms with Crippen LogP contribution in [0.15, 0.2) is 22.9 Å². The third kappa shape index (κ3) is 2.50. The van der Waals surface area contributed by atoms with Crippen molar-refractivity contribution in [2.75, 3.05) is 6.54 Å². The van der Waals surface area contributed by atoms with E-state index >= 15 is 0 Å². The Kier molecular flexibility index (Phi) is 3.49. The molecule has 0 aliphatic rings. The first-order valence-corrected chi connectivity index (χ1v) is 5.50. The van der Waals surface area contributed by atoms with Crippen LogP contribution in [-0.4, -0.2) is 16.7 Å². The van der Waals surface area contributed by atoms with Gasteiger partial charge in [0.05, 0.1) is 6.20 Å². The highest BCUT2D eigenvalue weighted by Crippen LogP contribution is 2.23. The molecule has 0 radical (unpaired) electrons. The topological polar surface area (TPSA) is 51.0 Å². The molecule has 0 aromatic carbocycles. The van der Waals surface area contributed by atoms with Gasteiger partial charge in [-0.25, -0.2) is 9.37 Å². The van der Waals surface area contributed by atoms with E-state index in [0.29, 0.717) is 18.0 Å². The lowest BCUT2D eigenvalue weighted by molar-refractivity contribution is 0.419. The number of hydrogen-bond donors (Lipinski definition) is 1. The van der Waals surface area contributed by atoms with Gasteiger partial charge in [-0.15, -0.1) is 0 Å². The molecule has 0 aliphatic carbocycles. The summed E-state index contributed by atoms with van der Waals surface area (Å²) in [6, 6.07) is 2.94. The van der Waals surface area contributed by atoms with Gasteiger partial charge in [0, 0.05) is 12.1 Å². The molecule has 0 aliphatic heterocycles. The number of rotatable bonds is 4. The molecule has 2 rings (SSSR count). The summed E-state index contributed by atoms with van der Waals surface area (Å²) < 4.78 is 18.0. The Morgan fingerprint density at radius 1 is 1.41 bits per heavy atom. The SMILES string of the molecule is CCNCc1noc(-c2ccc(F)cn2)c1C. The minimum atomic E-state index is -0.362. The predicted molar refractivity (Wildman–Crippen MR) is 61.8 cm³/mol. The average Bonchev–Trinajstić information content (AvgIpc) is 2.69. The standard InChI is InChI=1S/C12H14FN3O/c1-3-14-7-11-8(2)12(17-16-11)10-5-4-9(13)6-15-10/h4-6,14H,3,7H2,1-2H3. The van der Waals surface area contributed by atoms with Gasteiger partial charge in [-0.3, -0.25) is 0 Å². The van der Waals surface area contributed by atoms with E-state index in [1.54, 1.807) is 6.07 Å². The maximum absolute atomic E-state index is 12.8. The molecule has 2 aromatic rings. The molecule has 90 valence electrons. The van der Waals surface area contributed by atoms with Crippen molar-refractivity contribution in [2.24, 2.45) is 0 Å². The van der Waals surface area contributed by atoms with E-state index in [-0.39, 0.29) is 5.82 Å². The van der Waals surface area contributed by atoms with Crippen molar-refractivity contribution in [3.63, 3.8) is 0 Å². The lowest BCUT2D eigenvalue weighted by Crippen LogP contribution is -2.12. The Labute approximate surface area is 98.8 Å². The van der Waals surface area contributed by atoms with Crippen molar-refractivity contribution in [3.8, 4) is 11.5 Å². The van der Waals surface area contributed by atoms with Crippen molar-refractivity contribution in [1.82, 2.24) is 15.5 Å². The summed E-state index contributed by atoms with van der Waals surface area (Å²) >= 11 is 0. The fourth-order valence-corrected chi connectivity index (χ4v) is 1.53. The first kappa shape index (κ1) is 11.7. The fraction of sp³-hybridized carbons (Fsp3) is 0.333. The number of aromatic nitrogens is 2. The normalized spacial score (nSPS) is 10.8. The van der Waals surface area contributed by atoms with Gasteiger partial charge in [0.1, 0.15) is 17.2 Å². The van der Waals surface area contributed by atoms with Gasteiger partial charge < -0.3 is 9.84 Å². The van der Waals surface area contributed by atoms with Crippen LogP contribution in [-0.2, 0) is 6.54 Å². The highest BCUT2D eigenvalue weighted by Gasteiger charge is 2.14. The molecule has 0 atom stereocenters. The summed E-state index contributed by atoms with van der Waals surface area (Å²) in [5.74, 6) is 0.233. The Morgan fingerprint density at radius 2 is 2.24 bits per heavy atom. The molecule has 0 saturated carbocycles. The van der Waals surface area contributed by atoms with E-state index < -0.39 is 0 Å². The molecule has 0 amide bonds. The minimum absolute atomic E-state index is 0.362. The molecule has 4 nitrogen and oxygen atoms in total. The highest BCUT2D eigenvalue weighted by atomic mass is 19.1. The molecule has 0 unspecified atom stereocenters. The zero-order valence-corrected chi connectivity index (χ0v) is 9.83. The summed E-state index contributed by atoms with van der Waals surface area (Å²) in [6.45, 7) is 5.48. The van der Waals surface area contributed by atoms with Gasteiger partial charge >= 0.3 is 0 Å². The summed E-state index contributed by atoms with van der Waals surface area (Å²) in [5.41, 5.74) is 2.39. The minimum Gasteiger partial charge on any atom is -0.354 e. The molecular weight excluding hydrogens is 221 g/mol. The molecule has 2 heterocycles. The van der Waals surface area contributed by atoms with Gasteiger partial charge in [0.15, 0.2) is 5.76 Å². The van der Waals surface area contributed by atoms with E-state index in [0.717, 1.165) is 17.8 Å². The van der Waals surface area contributed by atoms with E-state index in [1.165, 1.54) is 12.3 Å². The van der Waals surface area contributed by atoms with E-state index in [2.05, 4.69) is 15.5 Å². The van der Waals surface area contributed by atoms with Crippen LogP contribution in [0.25, 0.3) is 11.5 Å². The second-order valence-electron chi connectivity index (χ2n) is 3.73. The van der Waals surface area contributed by atoms with Gasteiger partial charge in [-0.2, -0.15) is 0 Å². The van der Waals surface area contributed by atoms with Crippen LogP contribution in [0, 0.1) is 12.7 Å². The van der Waals surface area contributed by atoms with Crippen LogP contribution in [0.1, 0.15) is 18.2 Å². The second kappa shape index (κ2) is 5.05. The molecule has 0 fully saturated rings. The largest absolute Gasteiger partial charge is 0.354 e. The zero-order chi connectivity index (χ0) is 12.3. The number of halogens is 1. The third-order valence-electron chi connectivity index (χ3n) is 2.52. The number of nitrogens with zero attached hydrogens (tertiary/aromatic N) is 2. The number of nitrogens with one attached hydrogen (secondary N) is 1. The second-order valence-corrected chi connectivity index (χ2v) is 3.73. The van der Waals surface area contributed by atoms with Gasteiger partial charge in [-0.1, -0.05) is 12.1 Å². The van der Waals surface area contributed by atoms with Crippen LogP contribution >= 0.6 is 0 Å². The first-order chi connectivity index (χ1) is 8.22. The molecule has 0 saturated heterocycles. The van der Waals surface area contributed by atoms with Gasteiger partial charge in [0.2, 0.25) is 0 Å². The summed E-state index contributed by atoms with van der Waals surface area (Å²) in [4.78, 5) is 3.97. The quantitative estimate of drug-likeness (QED) is 0.883. The third-order valence-corrected chi connectivity index (χ3v) is 2.52. The molecule has 0 bridgehead atoms. The Bertz CT molecular complexity index is 493. The molecule has 17 heavy (non-hydrogen) atoms. The predicted octanol–water partition coefficient (Wildman–Crippen LogP) is 2.29. The molecule has 0 spiro atoms. The van der Waals surface area contributed by atoms with Crippen molar-refractivity contribution in [1.29, 1.82) is 0 Å². The highest BCUT2D eigenvalue weighted by molar-refractivity contribution is 5.56. The van der Waals surface area contributed by atoms with Crippen LogP contribution in [0.5, 0.6) is 0 Å². The van der Waals surface area contributed by atoms with Crippen LogP contribution in [0.2, 0.25) is 0 Å². The smallest absolute Gasteiger partial charge is 0.188 e. The van der Waals surface area contributed by atoms with Crippen LogP contribution in [0.4, 0.5) is 4.39 Å². The number of hydrogen-bond acceptors (Lipinski definition) is 4. The summed E-state index contributed by atoms with van der Waals surface area (Å²) in [5, 5.41) is 7.16.